The van der Waals surface area contributed by atoms with E-state index < -0.39 is 17.2 Å². The summed E-state index contributed by atoms with van der Waals surface area (Å²) in [6.07, 6.45) is 5.48. The Morgan fingerprint density at radius 2 is 1.76 bits per heavy atom. The van der Waals surface area contributed by atoms with Crippen molar-refractivity contribution in [3.63, 3.8) is 0 Å². The van der Waals surface area contributed by atoms with Gasteiger partial charge in [0.25, 0.3) is 0 Å². The van der Waals surface area contributed by atoms with Gasteiger partial charge >= 0.3 is 6.09 Å². The Kier molecular flexibility index (Phi) is 4.80. The van der Waals surface area contributed by atoms with Crippen molar-refractivity contribution < 1.29 is 14.3 Å². The van der Waals surface area contributed by atoms with Gasteiger partial charge in [-0.2, -0.15) is 0 Å². The van der Waals surface area contributed by atoms with E-state index in [4.69, 9.17) is 11.2 Å². The maximum atomic E-state index is 12.2. The molecule has 1 amide bonds. The first kappa shape index (κ1) is 16.8. The largest absolute Gasteiger partial charge is 0.444 e. The zero-order chi connectivity index (χ0) is 16.3. The van der Waals surface area contributed by atoms with Crippen molar-refractivity contribution in [3.8, 4) is 12.3 Å². The van der Waals surface area contributed by atoms with Crippen molar-refractivity contribution in [2.75, 3.05) is 7.05 Å². The molecule has 0 saturated heterocycles. The highest BCUT2D eigenvalue weighted by Gasteiger charge is 2.36. The minimum atomic E-state index is -1.12. The predicted molar refractivity (Wildman–Crippen MR) is 81.8 cm³/mol. The average Bonchev–Trinajstić information content (AvgIpc) is 2.44. The van der Waals surface area contributed by atoms with Crippen LogP contribution in [0.25, 0.3) is 0 Å². The first-order valence-electron chi connectivity index (χ1n) is 6.64. The van der Waals surface area contributed by atoms with E-state index in [0.717, 1.165) is 6.29 Å². The number of hydrogen-bond acceptors (Lipinski definition) is 3. The van der Waals surface area contributed by atoms with Crippen LogP contribution in [0.4, 0.5) is 4.79 Å². The monoisotopic (exact) mass is 287 g/mol. The highest BCUT2D eigenvalue weighted by atomic mass is 16.6. The molecule has 0 saturated carbocycles. The smallest absolute Gasteiger partial charge is 0.411 e. The predicted octanol–water partition coefficient (Wildman–Crippen LogP) is 2.95. The third-order valence-corrected chi connectivity index (χ3v) is 3.23. The molecule has 0 heterocycles. The Bertz CT molecular complexity index is 563. The van der Waals surface area contributed by atoms with Crippen LogP contribution in [0.1, 0.15) is 38.8 Å². The number of ether oxygens (including phenoxy) is 1. The highest BCUT2D eigenvalue weighted by Crippen LogP contribution is 2.27. The molecule has 0 fully saturated rings. The van der Waals surface area contributed by atoms with Gasteiger partial charge in [0, 0.05) is 12.6 Å². The molecule has 0 aliphatic carbocycles. The molecule has 1 rings (SSSR count). The number of nitrogens with zero attached hydrogens (tertiary/aromatic N) is 1. The molecule has 21 heavy (non-hydrogen) atoms. The molecule has 0 aromatic heterocycles. The number of rotatable bonds is 3. The standard InChI is InChI=1S/C17H21NO3/c1-7-13-8-10-14(11-9-13)17(5,12-19)18(6)15(20)21-16(2,3)4/h1,8-12H,2-6H3. The zero-order valence-electron chi connectivity index (χ0n) is 13.1. The molecular weight excluding hydrogens is 266 g/mol. The Balaban J connectivity index is 3.10. The van der Waals surface area contributed by atoms with Gasteiger partial charge < -0.3 is 9.53 Å². The van der Waals surface area contributed by atoms with Crippen LogP contribution in [0, 0.1) is 12.3 Å². The van der Waals surface area contributed by atoms with Crippen LogP contribution >= 0.6 is 0 Å². The van der Waals surface area contributed by atoms with Crippen molar-refractivity contribution in [1.29, 1.82) is 0 Å². The van der Waals surface area contributed by atoms with Crippen molar-refractivity contribution in [2.24, 2.45) is 0 Å². The van der Waals surface area contributed by atoms with Gasteiger partial charge in [-0.05, 0) is 45.4 Å². The van der Waals surface area contributed by atoms with Crippen molar-refractivity contribution in [3.05, 3.63) is 35.4 Å². The van der Waals surface area contributed by atoms with E-state index in [1.165, 1.54) is 11.9 Å². The lowest BCUT2D eigenvalue weighted by molar-refractivity contribution is -0.117. The zero-order valence-corrected chi connectivity index (χ0v) is 13.1. The number of carbonyl (C=O) groups is 2. The van der Waals surface area contributed by atoms with Crippen LogP contribution in [0.3, 0.4) is 0 Å². The van der Waals surface area contributed by atoms with E-state index >= 15 is 0 Å². The van der Waals surface area contributed by atoms with E-state index in [0.29, 0.717) is 11.1 Å². The Hall–Kier alpha value is -2.28. The third-order valence-electron chi connectivity index (χ3n) is 3.23. The first-order chi connectivity index (χ1) is 9.64. The van der Waals surface area contributed by atoms with Gasteiger partial charge in [-0.15, -0.1) is 6.42 Å². The summed E-state index contributed by atoms with van der Waals surface area (Å²) in [6, 6.07) is 6.95. The second-order valence-electron chi connectivity index (χ2n) is 6.03. The number of amides is 1. The molecule has 4 nitrogen and oxygen atoms in total. The van der Waals surface area contributed by atoms with Crippen LogP contribution in [-0.2, 0) is 15.1 Å². The lowest BCUT2D eigenvalue weighted by Gasteiger charge is -2.35. The van der Waals surface area contributed by atoms with Crippen molar-refractivity contribution >= 4 is 12.4 Å². The van der Waals surface area contributed by atoms with Crippen LogP contribution < -0.4 is 0 Å². The maximum absolute atomic E-state index is 12.2. The number of likely N-dealkylation sites (N-methyl/N-ethyl adjacent to an activating group) is 1. The van der Waals surface area contributed by atoms with Gasteiger partial charge in [-0.3, -0.25) is 4.90 Å². The SMILES string of the molecule is C#Cc1ccc(C(C)(C=O)N(C)C(=O)OC(C)(C)C)cc1. The fraction of sp³-hybridized carbons (Fsp3) is 0.412. The Morgan fingerprint density at radius 1 is 1.24 bits per heavy atom. The summed E-state index contributed by atoms with van der Waals surface area (Å²) in [7, 11) is 1.54. The average molecular weight is 287 g/mol. The number of aldehydes is 1. The molecule has 112 valence electrons. The summed E-state index contributed by atoms with van der Waals surface area (Å²) in [5.41, 5.74) is -0.352. The molecule has 4 heteroatoms. The van der Waals surface area contributed by atoms with Crippen LogP contribution in [0.2, 0.25) is 0 Å². The second kappa shape index (κ2) is 6.01. The highest BCUT2D eigenvalue weighted by molar-refractivity contribution is 5.78. The molecule has 0 bridgehead atoms. The molecule has 1 aromatic rings. The van der Waals surface area contributed by atoms with E-state index in [-0.39, 0.29) is 0 Å². The fourth-order valence-electron chi connectivity index (χ4n) is 1.76. The maximum Gasteiger partial charge on any atom is 0.411 e. The quantitative estimate of drug-likeness (QED) is 0.634. The van der Waals surface area contributed by atoms with Crippen LogP contribution in [0.15, 0.2) is 24.3 Å². The minimum Gasteiger partial charge on any atom is -0.444 e. The molecule has 0 aliphatic heterocycles. The summed E-state index contributed by atoms with van der Waals surface area (Å²) in [6.45, 7) is 6.99. The Labute approximate surface area is 126 Å². The summed E-state index contributed by atoms with van der Waals surface area (Å²) < 4.78 is 5.31. The molecule has 0 N–H and O–H groups in total. The van der Waals surface area contributed by atoms with Crippen molar-refractivity contribution in [2.45, 2.75) is 38.8 Å². The van der Waals surface area contributed by atoms with Crippen molar-refractivity contribution in [1.82, 2.24) is 4.90 Å². The molecule has 1 unspecified atom stereocenters. The van der Waals surface area contributed by atoms with Gasteiger partial charge in [-0.1, -0.05) is 18.1 Å². The second-order valence-corrected chi connectivity index (χ2v) is 6.03. The van der Waals surface area contributed by atoms with Gasteiger partial charge in [-0.25, -0.2) is 4.79 Å². The van der Waals surface area contributed by atoms with E-state index in [1.54, 1.807) is 52.0 Å². The molecule has 1 atom stereocenters. The lowest BCUT2D eigenvalue weighted by Crippen LogP contribution is -2.48. The third kappa shape index (κ3) is 3.85. The number of terminal acetylenes is 1. The normalized spacial score (nSPS) is 13.7. The molecule has 0 radical (unpaired) electrons. The molecule has 0 aliphatic rings. The number of hydrogen-bond donors (Lipinski definition) is 0. The van der Waals surface area contributed by atoms with Gasteiger partial charge in [0.1, 0.15) is 17.4 Å². The number of carbonyl (C=O) groups excluding carboxylic acids is 2. The molecular formula is C17H21NO3. The van der Waals surface area contributed by atoms with Gasteiger partial charge in [0.05, 0.1) is 0 Å². The Morgan fingerprint density at radius 3 is 2.14 bits per heavy atom. The van der Waals surface area contributed by atoms with E-state index in [1.807, 2.05) is 0 Å². The summed E-state index contributed by atoms with van der Waals surface area (Å²) in [4.78, 5) is 25.1. The van der Waals surface area contributed by atoms with E-state index in [2.05, 4.69) is 5.92 Å². The van der Waals surface area contributed by atoms with Crippen LogP contribution in [-0.4, -0.2) is 29.9 Å². The summed E-state index contributed by atoms with van der Waals surface area (Å²) >= 11 is 0. The number of benzene rings is 1. The van der Waals surface area contributed by atoms with Gasteiger partial charge in [0.2, 0.25) is 0 Å². The summed E-state index contributed by atoms with van der Waals surface area (Å²) in [5, 5.41) is 0. The van der Waals surface area contributed by atoms with E-state index in [9.17, 15) is 9.59 Å². The first-order valence-corrected chi connectivity index (χ1v) is 6.64. The topological polar surface area (TPSA) is 46.6 Å². The minimum absolute atomic E-state index is 0.557. The van der Waals surface area contributed by atoms with Gasteiger partial charge in [0.15, 0.2) is 0 Å². The fourth-order valence-corrected chi connectivity index (χ4v) is 1.76. The molecule has 0 spiro atoms. The summed E-state index contributed by atoms with van der Waals surface area (Å²) in [5.74, 6) is 2.51. The van der Waals surface area contributed by atoms with Crippen LogP contribution in [0.5, 0.6) is 0 Å². The lowest BCUT2D eigenvalue weighted by atomic mass is 9.91. The molecule has 1 aromatic carbocycles.